The number of methoxy groups -OCH3 is 1. The van der Waals surface area contributed by atoms with E-state index in [-0.39, 0.29) is 19.1 Å². The van der Waals surface area contributed by atoms with Gasteiger partial charge in [0.1, 0.15) is 5.75 Å². The van der Waals surface area contributed by atoms with Gasteiger partial charge in [-0.25, -0.2) is 0 Å². The summed E-state index contributed by atoms with van der Waals surface area (Å²) in [5.41, 5.74) is 1.77. The van der Waals surface area contributed by atoms with Gasteiger partial charge in [-0.2, -0.15) is 0 Å². The largest absolute Gasteiger partial charge is 0.497 e. The highest BCUT2D eigenvalue weighted by molar-refractivity contribution is 5.93. The highest BCUT2D eigenvalue weighted by Crippen LogP contribution is 2.32. The van der Waals surface area contributed by atoms with Gasteiger partial charge >= 0.3 is 5.97 Å². The van der Waals surface area contributed by atoms with Crippen LogP contribution in [-0.4, -0.2) is 73.4 Å². The molecule has 9 heteroatoms. The van der Waals surface area contributed by atoms with Gasteiger partial charge in [0.05, 0.1) is 13.0 Å². The molecule has 0 radical (unpaired) electrons. The molecule has 0 spiro atoms. The Labute approximate surface area is 192 Å². The number of benzene rings is 2. The maximum absolute atomic E-state index is 12.4. The van der Waals surface area contributed by atoms with Crippen molar-refractivity contribution in [3.63, 3.8) is 0 Å². The number of anilines is 1. The highest BCUT2D eigenvalue weighted by atomic mass is 16.7. The van der Waals surface area contributed by atoms with Crippen LogP contribution in [0.15, 0.2) is 42.5 Å². The van der Waals surface area contributed by atoms with E-state index in [0.717, 1.165) is 49.8 Å². The molecule has 1 fully saturated rings. The number of carbonyl (C=O) groups is 2. The zero-order chi connectivity index (χ0) is 23.2. The average molecular weight is 456 g/mol. The Balaban J connectivity index is 1.24. The first kappa shape index (κ1) is 22.9. The zero-order valence-corrected chi connectivity index (χ0v) is 18.7. The van der Waals surface area contributed by atoms with Crippen molar-refractivity contribution < 1.29 is 28.9 Å². The van der Waals surface area contributed by atoms with Gasteiger partial charge in [-0.1, -0.05) is 6.07 Å². The van der Waals surface area contributed by atoms with E-state index < -0.39 is 11.9 Å². The lowest BCUT2D eigenvalue weighted by Gasteiger charge is -2.35. The van der Waals surface area contributed by atoms with Gasteiger partial charge < -0.3 is 24.6 Å². The number of ether oxygens (including phenoxy) is 3. The maximum Gasteiger partial charge on any atom is 0.308 e. The fourth-order valence-electron chi connectivity index (χ4n) is 4.08. The summed E-state index contributed by atoms with van der Waals surface area (Å²) in [6.07, 6.45) is -0.0707. The van der Waals surface area contributed by atoms with Gasteiger partial charge in [-0.3, -0.25) is 19.4 Å². The number of nitrogens with zero attached hydrogens (tertiary/aromatic N) is 2. The van der Waals surface area contributed by atoms with Crippen LogP contribution in [0.5, 0.6) is 17.2 Å². The molecule has 0 aliphatic carbocycles. The van der Waals surface area contributed by atoms with Gasteiger partial charge in [0.25, 0.3) is 0 Å². The van der Waals surface area contributed by atoms with Gasteiger partial charge in [0.15, 0.2) is 11.5 Å². The molecule has 0 aromatic heterocycles. The van der Waals surface area contributed by atoms with Gasteiger partial charge in [0, 0.05) is 51.4 Å². The lowest BCUT2D eigenvalue weighted by atomic mass is 10.0. The topological polar surface area (TPSA) is 101 Å². The Bertz CT molecular complexity index is 973. The number of carboxylic acid groups (broad SMARTS) is 1. The predicted octanol–water partition coefficient (Wildman–Crippen LogP) is 2.27. The minimum Gasteiger partial charge on any atom is -0.497 e. The number of hydrogen-bond acceptors (Lipinski definition) is 7. The summed E-state index contributed by atoms with van der Waals surface area (Å²) in [5.74, 6) is 0.220. The molecule has 2 aromatic rings. The molecule has 2 aliphatic heterocycles. The summed E-state index contributed by atoms with van der Waals surface area (Å²) in [4.78, 5) is 28.6. The van der Waals surface area contributed by atoms with Crippen LogP contribution in [0.25, 0.3) is 0 Å². The maximum atomic E-state index is 12.4. The number of piperazine rings is 1. The van der Waals surface area contributed by atoms with Gasteiger partial charge in [-0.05, 0) is 42.0 Å². The minimum absolute atomic E-state index is 0.0707. The van der Waals surface area contributed by atoms with E-state index in [1.54, 1.807) is 31.4 Å². The molecule has 1 saturated heterocycles. The first-order valence-corrected chi connectivity index (χ1v) is 11.0. The standard InChI is InChI=1S/C24H29N3O6/c1-31-20-5-3-19(4-6-20)25-23(28)13-18(24(29)30)15-27-10-8-26(9-11-27)14-17-2-7-21-22(12-17)33-16-32-21/h2-7,12,18H,8-11,13-16H2,1H3,(H,25,28)(H,29,30)/t18-/m1/s1. The molecular formula is C24H29N3O6. The molecule has 9 nitrogen and oxygen atoms in total. The highest BCUT2D eigenvalue weighted by Gasteiger charge is 2.26. The van der Waals surface area contributed by atoms with E-state index in [9.17, 15) is 14.7 Å². The van der Waals surface area contributed by atoms with Crippen LogP contribution in [0, 0.1) is 5.92 Å². The van der Waals surface area contributed by atoms with Gasteiger partial charge in [0.2, 0.25) is 12.7 Å². The lowest BCUT2D eigenvalue weighted by Crippen LogP contribution is -2.48. The second-order valence-electron chi connectivity index (χ2n) is 8.28. The number of amides is 1. The lowest BCUT2D eigenvalue weighted by molar-refractivity contribution is -0.144. The third-order valence-electron chi connectivity index (χ3n) is 5.94. The molecule has 1 amide bonds. The number of fused-ring (bicyclic) bond motifs is 1. The fourth-order valence-corrected chi connectivity index (χ4v) is 4.08. The molecule has 0 saturated carbocycles. The van der Waals surface area contributed by atoms with E-state index in [4.69, 9.17) is 14.2 Å². The summed E-state index contributed by atoms with van der Waals surface area (Å²) >= 11 is 0. The van der Waals surface area contributed by atoms with Crippen molar-refractivity contribution in [2.45, 2.75) is 13.0 Å². The van der Waals surface area contributed by atoms with Gasteiger partial charge in [-0.15, -0.1) is 0 Å². The third kappa shape index (κ3) is 6.15. The van der Waals surface area contributed by atoms with Crippen LogP contribution in [0.2, 0.25) is 0 Å². The Kier molecular flexibility index (Phi) is 7.31. The van der Waals surface area contributed by atoms with Crippen LogP contribution in [0.3, 0.4) is 0 Å². The average Bonchev–Trinajstić information content (AvgIpc) is 3.28. The molecule has 0 unspecified atom stereocenters. The normalized spacial score (nSPS) is 16.9. The van der Waals surface area contributed by atoms with E-state index in [2.05, 4.69) is 15.1 Å². The SMILES string of the molecule is COc1ccc(NC(=O)C[C@H](CN2CCN(Cc3ccc4c(c3)OCO4)CC2)C(=O)O)cc1. The van der Waals surface area contributed by atoms with Crippen molar-refractivity contribution in [2.24, 2.45) is 5.92 Å². The summed E-state index contributed by atoms with van der Waals surface area (Å²) in [6.45, 7) is 4.60. The fraction of sp³-hybridized carbons (Fsp3) is 0.417. The van der Waals surface area contributed by atoms with E-state index in [1.807, 2.05) is 18.2 Å². The number of hydrogen-bond donors (Lipinski definition) is 2. The molecule has 2 aliphatic rings. The van der Waals surface area contributed by atoms with Crippen molar-refractivity contribution in [1.82, 2.24) is 9.80 Å². The molecule has 4 rings (SSSR count). The first-order chi connectivity index (χ1) is 16.0. The van der Waals surface area contributed by atoms with E-state index in [0.29, 0.717) is 18.0 Å². The quantitative estimate of drug-likeness (QED) is 0.594. The number of carbonyl (C=O) groups excluding carboxylic acids is 1. The molecule has 1 atom stereocenters. The number of nitrogens with one attached hydrogen (secondary N) is 1. The zero-order valence-electron chi connectivity index (χ0n) is 18.7. The molecule has 2 heterocycles. The third-order valence-corrected chi connectivity index (χ3v) is 5.94. The van der Waals surface area contributed by atoms with E-state index in [1.165, 1.54) is 0 Å². The van der Waals surface area contributed by atoms with Crippen LogP contribution in [0.4, 0.5) is 5.69 Å². The Morgan fingerprint density at radius 1 is 1.03 bits per heavy atom. The van der Waals surface area contributed by atoms with Crippen molar-refractivity contribution in [3.8, 4) is 17.2 Å². The van der Waals surface area contributed by atoms with Crippen LogP contribution in [-0.2, 0) is 16.1 Å². The van der Waals surface area contributed by atoms with Crippen LogP contribution < -0.4 is 19.5 Å². The Morgan fingerprint density at radius 3 is 2.42 bits per heavy atom. The Hall–Kier alpha value is -3.30. The summed E-state index contributed by atoms with van der Waals surface area (Å²) in [5, 5.41) is 12.4. The molecule has 33 heavy (non-hydrogen) atoms. The number of carboxylic acids is 1. The Morgan fingerprint density at radius 2 is 1.73 bits per heavy atom. The molecule has 0 bridgehead atoms. The second kappa shape index (κ2) is 10.5. The number of aliphatic carboxylic acids is 1. The van der Waals surface area contributed by atoms with Crippen molar-refractivity contribution in [2.75, 3.05) is 51.9 Å². The summed E-state index contributed by atoms with van der Waals surface area (Å²) in [7, 11) is 1.57. The van der Waals surface area contributed by atoms with Crippen LogP contribution >= 0.6 is 0 Å². The molecule has 2 N–H and O–H groups in total. The smallest absolute Gasteiger partial charge is 0.308 e. The first-order valence-electron chi connectivity index (χ1n) is 11.0. The van der Waals surface area contributed by atoms with Crippen molar-refractivity contribution in [3.05, 3.63) is 48.0 Å². The van der Waals surface area contributed by atoms with Crippen molar-refractivity contribution in [1.29, 1.82) is 0 Å². The predicted molar refractivity (Wildman–Crippen MR) is 122 cm³/mol. The summed E-state index contributed by atoms with van der Waals surface area (Å²) < 4.78 is 15.9. The molecular weight excluding hydrogens is 426 g/mol. The molecule has 176 valence electrons. The van der Waals surface area contributed by atoms with E-state index >= 15 is 0 Å². The van der Waals surface area contributed by atoms with Crippen LogP contribution in [0.1, 0.15) is 12.0 Å². The number of rotatable bonds is 9. The second-order valence-corrected chi connectivity index (χ2v) is 8.28. The van der Waals surface area contributed by atoms with Crippen molar-refractivity contribution >= 4 is 17.6 Å². The monoisotopic (exact) mass is 455 g/mol. The summed E-state index contributed by atoms with van der Waals surface area (Å²) in [6, 6.07) is 12.9. The minimum atomic E-state index is -0.956. The molecule has 2 aromatic carbocycles.